The summed E-state index contributed by atoms with van der Waals surface area (Å²) in [6.07, 6.45) is 0.701. The van der Waals surface area contributed by atoms with Crippen molar-refractivity contribution in [3.8, 4) is 22.1 Å². The van der Waals surface area contributed by atoms with Gasteiger partial charge in [0.25, 0.3) is 0 Å². The minimum Gasteiger partial charge on any atom is -0.367 e. The zero-order valence-electron chi connectivity index (χ0n) is 15.0. The number of aryl methyl sites for hydroxylation is 1. The van der Waals surface area contributed by atoms with Crippen molar-refractivity contribution in [1.82, 2.24) is 15.0 Å². The van der Waals surface area contributed by atoms with Gasteiger partial charge >= 0.3 is 0 Å². The summed E-state index contributed by atoms with van der Waals surface area (Å²) in [4.78, 5) is 13.8. The summed E-state index contributed by atoms with van der Waals surface area (Å²) < 4.78 is 26.9. The second kappa shape index (κ2) is 7.31. The van der Waals surface area contributed by atoms with Gasteiger partial charge in [0.15, 0.2) is 10.8 Å². The van der Waals surface area contributed by atoms with Crippen molar-refractivity contribution >= 4 is 17.2 Å². The van der Waals surface area contributed by atoms with Crippen molar-refractivity contribution in [2.75, 3.05) is 5.32 Å². The van der Waals surface area contributed by atoms with Crippen LogP contribution in [0.2, 0.25) is 0 Å². The largest absolute Gasteiger partial charge is 0.367 e. The number of nitrogens with one attached hydrogen (secondary N) is 1. The Kier molecular flexibility index (Phi) is 4.86. The van der Waals surface area contributed by atoms with Gasteiger partial charge in [-0.1, -0.05) is 30.3 Å². The molecule has 1 aliphatic carbocycles. The fraction of sp³-hybridized carbons (Fsp3) is 0.350. The lowest BCUT2D eigenvalue weighted by Crippen LogP contribution is -2.32. The van der Waals surface area contributed by atoms with Crippen molar-refractivity contribution in [3.63, 3.8) is 0 Å². The highest BCUT2D eigenvalue weighted by molar-refractivity contribution is 7.13. The number of benzene rings is 1. The number of aromatic nitrogens is 3. The summed E-state index contributed by atoms with van der Waals surface area (Å²) in [5, 5.41) is 6.05. The summed E-state index contributed by atoms with van der Waals surface area (Å²) in [5.74, 6) is -1.33. The van der Waals surface area contributed by atoms with E-state index in [1.165, 1.54) is 11.3 Å². The van der Waals surface area contributed by atoms with Gasteiger partial charge in [-0.05, 0) is 19.8 Å². The van der Waals surface area contributed by atoms with E-state index >= 15 is 0 Å². The predicted octanol–water partition coefficient (Wildman–Crippen LogP) is 5.57. The van der Waals surface area contributed by atoms with Gasteiger partial charge < -0.3 is 5.32 Å². The van der Waals surface area contributed by atoms with Gasteiger partial charge in [0.05, 0.1) is 5.69 Å². The van der Waals surface area contributed by atoms with Crippen LogP contribution in [0.1, 0.15) is 31.4 Å². The van der Waals surface area contributed by atoms with E-state index in [0.29, 0.717) is 24.5 Å². The normalized spacial score (nSPS) is 17.0. The van der Waals surface area contributed by atoms with Gasteiger partial charge in [-0.15, -0.1) is 11.3 Å². The minimum absolute atomic E-state index is 0.00553. The average Bonchev–Trinajstić information content (AvgIpc) is 3.10. The molecule has 0 spiro atoms. The molecule has 0 saturated heterocycles. The first-order valence-electron chi connectivity index (χ1n) is 9.00. The summed E-state index contributed by atoms with van der Waals surface area (Å²) in [6.45, 7) is 1.93. The van der Waals surface area contributed by atoms with Crippen LogP contribution in [0.4, 0.5) is 14.6 Å². The first-order valence-corrected chi connectivity index (χ1v) is 9.88. The van der Waals surface area contributed by atoms with E-state index in [4.69, 9.17) is 0 Å². The lowest BCUT2D eigenvalue weighted by molar-refractivity contribution is -0.0361. The highest BCUT2D eigenvalue weighted by Crippen LogP contribution is 2.34. The molecule has 3 aromatic rings. The second-order valence-electron chi connectivity index (χ2n) is 6.90. The SMILES string of the molecule is Cc1csc(-c2nc(NC3CCC(F)(F)CC3)cc(-c3ccccc3)n2)n1. The first-order chi connectivity index (χ1) is 13.0. The van der Waals surface area contributed by atoms with Crippen LogP contribution in [0.3, 0.4) is 0 Å². The standard InChI is InChI=1S/C20H20F2N4S/c1-13-12-27-19(23-13)18-25-16(14-5-3-2-4-6-14)11-17(26-18)24-15-7-9-20(21,22)10-8-15/h2-6,11-12,15H,7-10H2,1H3,(H,24,25,26). The summed E-state index contributed by atoms with van der Waals surface area (Å²) >= 11 is 1.50. The highest BCUT2D eigenvalue weighted by atomic mass is 32.1. The molecule has 0 unspecified atom stereocenters. The highest BCUT2D eigenvalue weighted by Gasteiger charge is 2.35. The van der Waals surface area contributed by atoms with E-state index in [1.54, 1.807) is 0 Å². The minimum atomic E-state index is -2.54. The molecule has 1 fully saturated rings. The predicted molar refractivity (Wildman–Crippen MR) is 104 cm³/mol. The number of hydrogen-bond donors (Lipinski definition) is 1. The van der Waals surface area contributed by atoms with E-state index in [-0.39, 0.29) is 18.9 Å². The van der Waals surface area contributed by atoms with Crippen LogP contribution in [0.25, 0.3) is 22.1 Å². The van der Waals surface area contributed by atoms with Gasteiger partial charge in [0, 0.05) is 41.6 Å². The molecular weight excluding hydrogens is 366 g/mol. The Morgan fingerprint density at radius 2 is 1.81 bits per heavy atom. The zero-order valence-corrected chi connectivity index (χ0v) is 15.8. The molecule has 2 heterocycles. The topological polar surface area (TPSA) is 50.7 Å². The van der Waals surface area contributed by atoms with Gasteiger partial charge in [-0.3, -0.25) is 0 Å². The number of anilines is 1. The Hall–Kier alpha value is -2.41. The molecule has 0 bridgehead atoms. The first kappa shape index (κ1) is 18.0. The quantitative estimate of drug-likeness (QED) is 0.637. The summed E-state index contributed by atoms with van der Waals surface area (Å²) in [7, 11) is 0. The molecule has 1 aromatic carbocycles. The molecule has 0 radical (unpaired) electrons. The van der Waals surface area contributed by atoms with Crippen LogP contribution in [0, 0.1) is 6.92 Å². The van der Waals surface area contributed by atoms with Crippen LogP contribution < -0.4 is 5.32 Å². The second-order valence-corrected chi connectivity index (χ2v) is 7.75. The van der Waals surface area contributed by atoms with E-state index < -0.39 is 5.92 Å². The Morgan fingerprint density at radius 3 is 2.48 bits per heavy atom. The lowest BCUT2D eigenvalue weighted by Gasteiger charge is -2.29. The van der Waals surface area contributed by atoms with E-state index in [9.17, 15) is 8.78 Å². The average molecular weight is 386 g/mol. The smallest absolute Gasteiger partial charge is 0.248 e. The maximum Gasteiger partial charge on any atom is 0.248 e. The van der Waals surface area contributed by atoms with Gasteiger partial charge in [0.1, 0.15) is 5.82 Å². The Bertz CT molecular complexity index is 917. The molecule has 140 valence electrons. The number of nitrogens with zero attached hydrogens (tertiary/aromatic N) is 3. The molecule has 1 N–H and O–H groups in total. The van der Waals surface area contributed by atoms with Crippen LogP contribution in [-0.4, -0.2) is 26.9 Å². The monoisotopic (exact) mass is 386 g/mol. The summed E-state index contributed by atoms with van der Waals surface area (Å²) in [6, 6.07) is 11.7. The van der Waals surface area contributed by atoms with Crippen molar-refractivity contribution in [2.45, 2.75) is 44.6 Å². The van der Waals surface area contributed by atoms with Crippen molar-refractivity contribution in [2.24, 2.45) is 0 Å². The number of alkyl halides is 2. The van der Waals surface area contributed by atoms with Crippen molar-refractivity contribution in [1.29, 1.82) is 0 Å². The third kappa shape index (κ3) is 4.30. The van der Waals surface area contributed by atoms with E-state index in [1.807, 2.05) is 48.7 Å². The van der Waals surface area contributed by atoms with Crippen molar-refractivity contribution in [3.05, 3.63) is 47.5 Å². The van der Waals surface area contributed by atoms with Crippen molar-refractivity contribution < 1.29 is 8.78 Å². The zero-order chi connectivity index (χ0) is 18.9. The third-order valence-electron chi connectivity index (χ3n) is 4.68. The number of halogens is 2. The lowest BCUT2D eigenvalue weighted by atomic mass is 9.92. The molecule has 0 aliphatic heterocycles. The molecule has 1 aliphatic rings. The number of rotatable bonds is 4. The molecule has 4 nitrogen and oxygen atoms in total. The Balaban J connectivity index is 1.66. The number of thiazole rings is 1. The fourth-order valence-corrected chi connectivity index (χ4v) is 3.95. The van der Waals surface area contributed by atoms with Crippen LogP contribution in [0.5, 0.6) is 0 Å². The maximum atomic E-state index is 13.4. The fourth-order valence-electron chi connectivity index (χ4n) is 3.22. The Morgan fingerprint density at radius 1 is 1.07 bits per heavy atom. The maximum absolute atomic E-state index is 13.4. The third-order valence-corrected chi connectivity index (χ3v) is 5.63. The number of hydrogen-bond acceptors (Lipinski definition) is 5. The van der Waals surface area contributed by atoms with E-state index in [2.05, 4.69) is 20.3 Å². The molecule has 7 heteroatoms. The molecule has 2 aromatic heterocycles. The molecule has 4 rings (SSSR count). The van der Waals surface area contributed by atoms with E-state index in [0.717, 1.165) is 22.0 Å². The Labute approximate surface area is 160 Å². The van der Waals surface area contributed by atoms with Crippen LogP contribution >= 0.6 is 11.3 Å². The molecule has 27 heavy (non-hydrogen) atoms. The molecule has 1 saturated carbocycles. The molecular formula is C20H20F2N4S. The van der Waals surface area contributed by atoms with Crippen LogP contribution in [0.15, 0.2) is 41.8 Å². The summed E-state index contributed by atoms with van der Waals surface area (Å²) in [5.41, 5.74) is 2.69. The van der Waals surface area contributed by atoms with Crippen LogP contribution in [-0.2, 0) is 0 Å². The van der Waals surface area contributed by atoms with Gasteiger partial charge in [0.2, 0.25) is 5.92 Å². The molecule has 0 amide bonds. The van der Waals surface area contributed by atoms with Gasteiger partial charge in [-0.25, -0.2) is 23.7 Å². The molecule has 0 atom stereocenters. The van der Waals surface area contributed by atoms with Gasteiger partial charge in [-0.2, -0.15) is 0 Å².